The van der Waals surface area contributed by atoms with Crippen LogP contribution < -0.4 is 0 Å². The Morgan fingerprint density at radius 3 is 1.86 bits per heavy atom. The molecule has 0 bridgehead atoms. The van der Waals surface area contributed by atoms with E-state index in [1.807, 2.05) is 0 Å². The van der Waals surface area contributed by atoms with Gasteiger partial charge in [0, 0.05) is 0 Å². The van der Waals surface area contributed by atoms with Gasteiger partial charge in [-0.2, -0.15) is 0 Å². The molecular formula is C10H18O11. The maximum Gasteiger partial charge on any atom is 0.212 e. The lowest BCUT2D eigenvalue weighted by Crippen LogP contribution is -2.57. The largest absolute Gasteiger partial charge is 0.393 e. The second-order valence-electron chi connectivity index (χ2n) is 4.42. The monoisotopic (exact) mass is 314 g/mol. The van der Waals surface area contributed by atoms with Crippen LogP contribution in [0.25, 0.3) is 0 Å². The topological polar surface area (TPSA) is 168 Å². The third-order valence-electron chi connectivity index (χ3n) is 2.90. The highest BCUT2D eigenvalue weighted by Crippen LogP contribution is 2.25. The molecule has 0 aromatic carbocycles. The lowest BCUT2D eigenvalue weighted by Gasteiger charge is -2.41. The minimum Gasteiger partial charge on any atom is -0.393 e. The molecule has 2 rings (SSSR count). The molecule has 0 aromatic rings. The SMILES string of the molecule is OCC1O[C@@H](O)C(O)O[C@@H]1O[C@@H]1OC(CO)[C@H](O)OC1O. The number of aliphatic hydroxyl groups is 6. The molecule has 4 unspecified atom stereocenters. The normalized spacial score (nSPS) is 48.3. The first-order chi connectivity index (χ1) is 9.96. The van der Waals surface area contributed by atoms with E-state index in [4.69, 9.17) is 33.9 Å². The molecule has 2 heterocycles. The molecule has 8 atom stereocenters. The molecule has 6 N–H and O–H groups in total. The summed E-state index contributed by atoms with van der Waals surface area (Å²) in [5.74, 6) is 0. The van der Waals surface area contributed by atoms with Crippen molar-refractivity contribution in [1.29, 1.82) is 0 Å². The summed E-state index contributed by atoms with van der Waals surface area (Å²) in [7, 11) is 0. The van der Waals surface area contributed by atoms with Gasteiger partial charge in [-0.15, -0.1) is 0 Å². The molecule has 21 heavy (non-hydrogen) atoms. The molecule has 2 aliphatic rings. The Kier molecular flexibility index (Phi) is 5.81. The van der Waals surface area contributed by atoms with Gasteiger partial charge < -0.3 is 54.3 Å². The van der Waals surface area contributed by atoms with Gasteiger partial charge in [0.2, 0.25) is 25.2 Å². The van der Waals surface area contributed by atoms with Crippen LogP contribution in [0.15, 0.2) is 0 Å². The zero-order valence-corrected chi connectivity index (χ0v) is 10.8. The zero-order chi connectivity index (χ0) is 15.6. The minimum absolute atomic E-state index is 0.597. The van der Waals surface area contributed by atoms with E-state index in [0.29, 0.717) is 0 Å². The Morgan fingerprint density at radius 1 is 0.619 bits per heavy atom. The highest BCUT2D eigenvalue weighted by Gasteiger charge is 2.44. The second-order valence-corrected chi connectivity index (χ2v) is 4.42. The van der Waals surface area contributed by atoms with E-state index in [9.17, 15) is 20.4 Å². The van der Waals surface area contributed by atoms with Crippen molar-refractivity contribution in [3.8, 4) is 0 Å². The number of rotatable bonds is 4. The van der Waals surface area contributed by atoms with Crippen LogP contribution in [0.3, 0.4) is 0 Å². The summed E-state index contributed by atoms with van der Waals surface area (Å²) in [6, 6.07) is 0. The van der Waals surface area contributed by atoms with Gasteiger partial charge in [-0.05, 0) is 0 Å². The first-order valence-electron chi connectivity index (χ1n) is 6.17. The van der Waals surface area contributed by atoms with E-state index in [1.54, 1.807) is 0 Å². The molecule has 0 aromatic heterocycles. The predicted octanol–water partition coefficient (Wildman–Crippen LogP) is -4.26. The molecular weight excluding hydrogens is 296 g/mol. The third-order valence-corrected chi connectivity index (χ3v) is 2.90. The molecule has 0 saturated carbocycles. The van der Waals surface area contributed by atoms with Crippen LogP contribution in [-0.4, -0.2) is 93.8 Å². The van der Waals surface area contributed by atoms with Crippen LogP contribution in [0.4, 0.5) is 0 Å². The standard InChI is InChI=1S/C10H18O11/c11-1-3-5(13)19-8(16)10(18-3)21-9-4(2-12)17-6(14)7(15)20-9/h3-16H,1-2H2/t3?,4?,5-,6-,7?,8?,9-,10+/m1/s1. The molecule has 0 spiro atoms. The van der Waals surface area contributed by atoms with E-state index >= 15 is 0 Å². The summed E-state index contributed by atoms with van der Waals surface area (Å²) >= 11 is 0. The first-order valence-corrected chi connectivity index (χ1v) is 6.17. The summed E-state index contributed by atoms with van der Waals surface area (Å²) in [6.45, 7) is -1.20. The Hall–Kier alpha value is -0.440. The van der Waals surface area contributed by atoms with Crippen molar-refractivity contribution in [3.05, 3.63) is 0 Å². The number of aliphatic hydroxyl groups excluding tert-OH is 6. The molecule has 124 valence electrons. The molecule has 0 amide bonds. The Morgan fingerprint density at radius 2 is 1.24 bits per heavy atom. The fourth-order valence-corrected chi connectivity index (χ4v) is 1.82. The Bertz CT molecular complexity index is 328. The maximum atomic E-state index is 9.58. The number of hydrogen-bond donors (Lipinski definition) is 6. The Labute approximate surface area is 118 Å². The van der Waals surface area contributed by atoms with Gasteiger partial charge in [-0.3, -0.25) is 0 Å². The minimum atomic E-state index is -1.72. The van der Waals surface area contributed by atoms with E-state index in [0.717, 1.165) is 0 Å². The molecule has 2 aliphatic heterocycles. The van der Waals surface area contributed by atoms with Crippen molar-refractivity contribution >= 4 is 0 Å². The van der Waals surface area contributed by atoms with Gasteiger partial charge in [0.25, 0.3) is 0 Å². The van der Waals surface area contributed by atoms with Crippen LogP contribution in [0.2, 0.25) is 0 Å². The molecule has 2 saturated heterocycles. The van der Waals surface area contributed by atoms with Crippen molar-refractivity contribution in [2.45, 2.75) is 49.9 Å². The van der Waals surface area contributed by atoms with E-state index in [-0.39, 0.29) is 0 Å². The van der Waals surface area contributed by atoms with Crippen molar-refractivity contribution < 1.29 is 54.3 Å². The van der Waals surface area contributed by atoms with E-state index in [2.05, 4.69) is 0 Å². The van der Waals surface area contributed by atoms with Crippen LogP contribution in [-0.2, 0) is 23.7 Å². The van der Waals surface area contributed by atoms with Crippen molar-refractivity contribution in [3.63, 3.8) is 0 Å². The summed E-state index contributed by atoms with van der Waals surface area (Å²) < 4.78 is 24.6. The third kappa shape index (κ3) is 3.85. The fourth-order valence-electron chi connectivity index (χ4n) is 1.82. The smallest absolute Gasteiger partial charge is 0.212 e. The van der Waals surface area contributed by atoms with E-state index < -0.39 is 63.2 Å². The maximum absolute atomic E-state index is 9.58. The van der Waals surface area contributed by atoms with Crippen LogP contribution >= 0.6 is 0 Å². The van der Waals surface area contributed by atoms with Gasteiger partial charge in [-0.25, -0.2) is 0 Å². The number of ether oxygens (including phenoxy) is 5. The molecule has 0 radical (unpaired) electrons. The Balaban J connectivity index is 1.98. The van der Waals surface area contributed by atoms with Gasteiger partial charge in [-0.1, -0.05) is 0 Å². The fraction of sp³-hybridized carbons (Fsp3) is 1.00. The molecule has 2 fully saturated rings. The quantitative estimate of drug-likeness (QED) is 0.297. The van der Waals surface area contributed by atoms with Crippen LogP contribution in [0.5, 0.6) is 0 Å². The average molecular weight is 314 g/mol. The average Bonchev–Trinajstić information content (AvgIpc) is 2.45. The highest BCUT2D eigenvalue weighted by molar-refractivity contribution is 4.73. The van der Waals surface area contributed by atoms with Gasteiger partial charge >= 0.3 is 0 Å². The molecule has 11 nitrogen and oxygen atoms in total. The van der Waals surface area contributed by atoms with Gasteiger partial charge in [0.05, 0.1) is 13.2 Å². The lowest BCUT2D eigenvalue weighted by molar-refractivity contribution is -0.446. The van der Waals surface area contributed by atoms with Gasteiger partial charge in [0.1, 0.15) is 12.2 Å². The lowest BCUT2D eigenvalue weighted by atomic mass is 10.3. The molecule has 11 heteroatoms. The van der Waals surface area contributed by atoms with Crippen LogP contribution in [0.1, 0.15) is 0 Å². The summed E-state index contributed by atoms with van der Waals surface area (Å²) in [5, 5.41) is 55.6. The van der Waals surface area contributed by atoms with Gasteiger partial charge in [0.15, 0.2) is 12.6 Å². The predicted molar refractivity (Wildman–Crippen MR) is 58.8 cm³/mol. The van der Waals surface area contributed by atoms with Crippen molar-refractivity contribution in [2.75, 3.05) is 13.2 Å². The van der Waals surface area contributed by atoms with Crippen LogP contribution in [0, 0.1) is 0 Å². The van der Waals surface area contributed by atoms with Crippen molar-refractivity contribution in [2.24, 2.45) is 0 Å². The molecule has 0 aliphatic carbocycles. The highest BCUT2D eigenvalue weighted by atomic mass is 16.9. The second kappa shape index (κ2) is 7.21. The summed E-state index contributed by atoms with van der Waals surface area (Å²) in [5.41, 5.74) is 0. The zero-order valence-electron chi connectivity index (χ0n) is 10.8. The summed E-state index contributed by atoms with van der Waals surface area (Å²) in [4.78, 5) is 0. The van der Waals surface area contributed by atoms with Crippen molar-refractivity contribution in [1.82, 2.24) is 0 Å². The first kappa shape index (κ1) is 16.9. The van der Waals surface area contributed by atoms with E-state index in [1.165, 1.54) is 0 Å². The number of hydrogen-bond acceptors (Lipinski definition) is 11. The summed E-state index contributed by atoms with van der Waals surface area (Å²) in [6.07, 6.45) is -11.8.